The highest BCUT2D eigenvalue weighted by molar-refractivity contribution is 6.00. The van der Waals surface area contributed by atoms with Crippen molar-refractivity contribution in [3.8, 4) is 0 Å². The normalized spacial score (nSPS) is 20.8. The third kappa shape index (κ3) is 3.90. The van der Waals surface area contributed by atoms with Crippen molar-refractivity contribution in [2.45, 2.75) is 25.3 Å². The van der Waals surface area contributed by atoms with Gasteiger partial charge in [-0.05, 0) is 32.0 Å². The zero-order valence-electron chi connectivity index (χ0n) is 13.6. The van der Waals surface area contributed by atoms with Crippen molar-refractivity contribution in [1.29, 1.82) is 0 Å². The first kappa shape index (κ1) is 16.8. The Labute approximate surface area is 139 Å². The molecule has 1 saturated heterocycles. The first-order valence-electron chi connectivity index (χ1n) is 8.18. The van der Waals surface area contributed by atoms with Gasteiger partial charge in [0.25, 0.3) is 0 Å². The fourth-order valence-electron chi connectivity index (χ4n) is 3.03. The molecule has 2 amide bonds. The molecule has 7 heteroatoms. The molecule has 130 valence electrons. The molecule has 1 aliphatic carbocycles. The number of anilines is 1. The Balaban J connectivity index is 1.54. The second-order valence-corrected chi connectivity index (χ2v) is 6.54. The fourth-order valence-corrected chi connectivity index (χ4v) is 3.03. The first-order valence-corrected chi connectivity index (χ1v) is 8.18. The Morgan fingerprint density at radius 1 is 1.29 bits per heavy atom. The van der Waals surface area contributed by atoms with Gasteiger partial charge >= 0.3 is 0 Å². The number of hydrogen-bond acceptors (Lipinski definition) is 3. The van der Waals surface area contributed by atoms with Crippen LogP contribution in [-0.4, -0.2) is 49.4 Å². The van der Waals surface area contributed by atoms with Crippen LogP contribution in [0.5, 0.6) is 0 Å². The van der Waals surface area contributed by atoms with Crippen LogP contribution in [0.2, 0.25) is 0 Å². The molecule has 24 heavy (non-hydrogen) atoms. The minimum atomic E-state index is -0.742. The van der Waals surface area contributed by atoms with Crippen molar-refractivity contribution in [3.63, 3.8) is 0 Å². The summed E-state index contributed by atoms with van der Waals surface area (Å²) in [5.41, 5.74) is 0.154. The smallest absolute Gasteiger partial charge is 0.227 e. The summed E-state index contributed by atoms with van der Waals surface area (Å²) in [5.74, 6) is -2.46. The molecule has 1 aromatic carbocycles. The third-order valence-corrected chi connectivity index (χ3v) is 4.59. The Morgan fingerprint density at radius 2 is 1.96 bits per heavy atom. The van der Waals surface area contributed by atoms with Gasteiger partial charge in [-0.25, -0.2) is 8.78 Å². The van der Waals surface area contributed by atoms with Crippen LogP contribution < -0.4 is 10.2 Å². The zero-order valence-corrected chi connectivity index (χ0v) is 13.6. The number of halogens is 2. The highest BCUT2D eigenvalue weighted by Gasteiger charge is 2.35. The van der Waals surface area contributed by atoms with Crippen LogP contribution in [-0.2, 0) is 9.59 Å². The molecule has 1 heterocycles. The number of likely N-dealkylation sites (N-methyl/N-ethyl adjacent to an activating group) is 1. The molecule has 0 unspecified atom stereocenters. The zero-order chi connectivity index (χ0) is 17.3. The lowest BCUT2D eigenvalue weighted by atomic mass is 10.1. The number of nitrogens with zero attached hydrogens (tertiary/aromatic N) is 2. The number of carbonyl (C=O) groups is 2. The van der Waals surface area contributed by atoms with Crippen molar-refractivity contribution >= 4 is 17.5 Å². The molecule has 1 N–H and O–H groups in total. The van der Waals surface area contributed by atoms with E-state index in [0.29, 0.717) is 12.6 Å². The predicted octanol–water partition coefficient (Wildman–Crippen LogP) is 1.53. The van der Waals surface area contributed by atoms with Gasteiger partial charge in [-0.15, -0.1) is 0 Å². The minimum Gasteiger partial charge on any atom is -0.355 e. The van der Waals surface area contributed by atoms with E-state index < -0.39 is 17.6 Å². The number of rotatable bonds is 6. The van der Waals surface area contributed by atoms with Crippen molar-refractivity contribution in [2.24, 2.45) is 5.92 Å². The van der Waals surface area contributed by atoms with Gasteiger partial charge in [0.05, 0.1) is 5.92 Å². The van der Waals surface area contributed by atoms with Gasteiger partial charge in [-0.2, -0.15) is 0 Å². The Kier molecular flexibility index (Phi) is 4.80. The van der Waals surface area contributed by atoms with E-state index in [0.717, 1.165) is 24.7 Å². The maximum Gasteiger partial charge on any atom is 0.227 e. The third-order valence-electron chi connectivity index (χ3n) is 4.59. The highest BCUT2D eigenvalue weighted by Crippen LogP contribution is 2.27. The monoisotopic (exact) mass is 337 g/mol. The summed E-state index contributed by atoms with van der Waals surface area (Å²) < 4.78 is 26.6. The van der Waals surface area contributed by atoms with E-state index in [1.165, 1.54) is 17.7 Å². The topological polar surface area (TPSA) is 52.7 Å². The minimum absolute atomic E-state index is 0.0580. The molecule has 2 aliphatic rings. The van der Waals surface area contributed by atoms with E-state index in [4.69, 9.17) is 0 Å². The van der Waals surface area contributed by atoms with Gasteiger partial charge in [0.1, 0.15) is 11.6 Å². The number of amides is 2. The summed E-state index contributed by atoms with van der Waals surface area (Å²) in [4.78, 5) is 27.8. The number of benzene rings is 1. The van der Waals surface area contributed by atoms with Crippen molar-refractivity contribution in [1.82, 2.24) is 10.2 Å². The molecule has 0 radical (unpaired) electrons. The van der Waals surface area contributed by atoms with E-state index in [1.54, 1.807) is 0 Å². The fraction of sp³-hybridized carbons (Fsp3) is 0.529. The van der Waals surface area contributed by atoms with E-state index >= 15 is 0 Å². The standard InChI is InChI=1S/C17H21F2N3O2/c1-21(14-2-3-14)5-4-20-17(24)11-6-16(23)22(10-11)15-8-12(18)7-13(19)9-15/h7-9,11,14H,2-6,10H2,1H3,(H,20,24)/t11-/m0/s1. The molecule has 3 rings (SSSR count). The summed E-state index contributed by atoms with van der Waals surface area (Å²) >= 11 is 0. The van der Waals surface area contributed by atoms with Gasteiger partial charge < -0.3 is 15.1 Å². The van der Waals surface area contributed by atoms with Gasteiger partial charge in [-0.1, -0.05) is 0 Å². The molecule has 1 aliphatic heterocycles. The first-order chi connectivity index (χ1) is 11.4. The largest absolute Gasteiger partial charge is 0.355 e. The van der Waals surface area contributed by atoms with Gasteiger partial charge in [0, 0.05) is 43.9 Å². The van der Waals surface area contributed by atoms with Crippen molar-refractivity contribution in [3.05, 3.63) is 29.8 Å². The van der Waals surface area contributed by atoms with Crippen LogP contribution in [0.3, 0.4) is 0 Å². The Hall–Kier alpha value is -2.02. The lowest BCUT2D eigenvalue weighted by Gasteiger charge is -2.18. The van der Waals surface area contributed by atoms with Crippen LogP contribution in [0, 0.1) is 17.6 Å². The quantitative estimate of drug-likeness (QED) is 0.856. The molecule has 5 nitrogen and oxygen atoms in total. The molecular formula is C17H21F2N3O2. The highest BCUT2D eigenvalue weighted by atomic mass is 19.1. The predicted molar refractivity (Wildman–Crippen MR) is 85.5 cm³/mol. The molecule has 2 fully saturated rings. The Morgan fingerprint density at radius 3 is 2.58 bits per heavy atom. The van der Waals surface area contributed by atoms with E-state index in [2.05, 4.69) is 10.2 Å². The lowest BCUT2D eigenvalue weighted by molar-refractivity contribution is -0.126. The van der Waals surface area contributed by atoms with Crippen LogP contribution in [0.15, 0.2) is 18.2 Å². The summed E-state index contributed by atoms with van der Waals surface area (Å²) in [7, 11) is 2.03. The molecule has 1 aromatic rings. The number of hydrogen-bond donors (Lipinski definition) is 1. The van der Waals surface area contributed by atoms with Gasteiger partial charge in [0.2, 0.25) is 11.8 Å². The van der Waals surface area contributed by atoms with Gasteiger partial charge in [-0.3, -0.25) is 9.59 Å². The molecule has 0 spiro atoms. The molecular weight excluding hydrogens is 316 g/mol. The lowest BCUT2D eigenvalue weighted by Crippen LogP contribution is -2.38. The molecule has 1 atom stereocenters. The second kappa shape index (κ2) is 6.84. The number of nitrogens with one attached hydrogen (secondary N) is 1. The number of carbonyl (C=O) groups excluding carboxylic acids is 2. The Bertz CT molecular complexity index is 628. The van der Waals surface area contributed by atoms with E-state index in [-0.39, 0.29) is 30.5 Å². The second-order valence-electron chi connectivity index (χ2n) is 6.54. The van der Waals surface area contributed by atoms with Crippen molar-refractivity contribution < 1.29 is 18.4 Å². The maximum absolute atomic E-state index is 13.3. The van der Waals surface area contributed by atoms with Crippen LogP contribution >= 0.6 is 0 Å². The van der Waals surface area contributed by atoms with Crippen LogP contribution in [0.4, 0.5) is 14.5 Å². The SMILES string of the molecule is CN(CCNC(=O)[C@H]1CC(=O)N(c2cc(F)cc(F)c2)C1)C1CC1. The average molecular weight is 337 g/mol. The van der Waals surface area contributed by atoms with Crippen LogP contribution in [0.25, 0.3) is 0 Å². The molecule has 1 saturated carbocycles. The molecule has 0 aromatic heterocycles. The maximum atomic E-state index is 13.3. The summed E-state index contributed by atoms with van der Waals surface area (Å²) in [6.45, 7) is 1.45. The van der Waals surface area contributed by atoms with Crippen molar-refractivity contribution in [2.75, 3.05) is 31.6 Å². The van der Waals surface area contributed by atoms with E-state index in [1.807, 2.05) is 7.05 Å². The summed E-state index contributed by atoms with van der Waals surface area (Å²) in [6, 6.07) is 3.59. The summed E-state index contributed by atoms with van der Waals surface area (Å²) in [6.07, 6.45) is 2.48. The van der Waals surface area contributed by atoms with E-state index in [9.17, 15) is 18.4 Å². The molecule has 0 bridgehead atoms. The van der Waals surface area contributed by atoms with Crippen LogP contribution in [0.1, 0.15) is 19.3 Å². The average Bonchev–Trinajstić information content (AvgIpc) is 3.28. The van der Waals surface area contributed by atoms with Gasteiger partial charge in [0.15, 0.2) is 0 Å². The summed E-state index contributed by atoms with van der Waals surface area (Å²) in [5, 5.41) is 2.85.